The first-order chi connectivity index (χ1) is 13.8. The van der Waals surface area contributed by atoms with Gasteiger partial charge in [-0.25, -0.2) is 8.42 Å². The fraction of sp³-hybridized carbons (Fsp3) is 0.136. The lowest BCUT2D eigenvalue weighted by Crippen LogP contribution is -2.16. The summed E-state index contributed by atoms with van der Waals surface area (Å²) >= 11 is 0. The summed E-state index contributed by atoms with van der Waals surface area (Å²) in [4.78, 5) is 12.7. The molecule has 29 heavy (non-hydrogen) atoms. The molecular weight excluding hydrogens is 388 g/mol. The number of hydrogen-bond donors (Lipinski definition) is 2. The molecule has 0 aromatic heterocycles. The number of nitrogens with one attached hydrogen (secondary N) is 2. The van der Waals surface area contributed by atoms with E-state index in [0.717, 1.165) is 5.56 Å². The summed E-state index contributed by atoms with van der Waals surface area (Å²) < 4.78 is 33.1. The minimum absolute atomic E-state index is 0.104. The van der Waals surface area contributed by atoms with Crippen molar-refractivity contribution in [3.05, 3.63) is 83.4 Å². The Morgan fingerprint density at radius 3 is 2.17 bits per heavy atom. The summed E-state index contributed by atoms with van der Waals surface area (Å²) in [6.07, 6.45) is 0. The Balaban J connectivity index is 1.84. The Bertz CT molecular complexity index is 1140. The number of aryl methyl sites for hydroxylation is 2. The molecule has 3 aromatic carbocycles. The van der Waals surface area contributed by atoms with Gasteiger partial charge in [0.1, 0.15) is 5.75 Å². The van der Waals surface area contributed by atoms with Gasteiger partial charge < -0.3 is 10.1 Å². The lowest BCUT2D eigenvalue weighted by molar-refractivity contribution is 0.102. The van der Waals surface area contributed by atoms with E-state index in [1.54, 1.807) is 31.2 Å². The van der Waals surface area contributed by atoms with E-state index in [0.29, 0.717) is 28.3 Å². The van der Waals surface area contributed by atoms with Gasteiger partial charge in [0, 0.05) is 11.3 Å². The Morgan fingerprint density at radius 2 is 1.52 bits per heavy atom. The maximum Gasteiger partial charge on any atom is 0.261 e. The SMILES string of the molecule is COc1ccc(S(=O)(=O)Nc2cc(C(=O)Nc3ccccc3C)ccc2C)cc1. The van der Waals surface area contributed by atoms with Gasteiger partial charge in [0.15, 0.2) is 0 Å². The molecule has 0 radical (unpaired) electrons. The number of methoxy groups -OCH3 is 1. The Hall–Kier alpha value is -3.32. The third-order valence-electron chi connectivity index (χ3n) is 4.51. The van der Waals surface area contributed by atoms with Gasteiger partial charge in [-0.15, -0.1) is 0 Å². The van der Waals surface area contributed by atoms with Crippen LogP contribution in [0, 0.1) is 13.8 Å². The summed E-state index contributed by atoms with van der Waals surface area (Å²) in [7, 11) is -2.29. The molecule has 0 fully saturated rings. The number of sulfonamides is 1. The minimum atomic E-state index is -3.81. The molecular formula is C22H22N2O4S. The summed E-state index contributed by atoms with van der Waals surface area (Å²) in [5.74, 6) is 0.249. The highest BCUT2D eigenvalue weighted by Gasteiger charge is 2.17. The molecule has 0 saturated heterocycles. The van der Waals surface area contributed by atoms with E-state index in [9.17, 15) is 13.2 Å². The molecule has 7 heteroatoms. The van der Waals surface area contributed by atoms with E-state index in [2.05, 4.69) is 10.0 Å². The second-order valence-electron chi connectivity index (χ2n) is 6.58. The predicted octanol–water partition coefficient (Wildman–Crippen LogP) is 4.37. The molecule has 0 bridgehead atoms. The van der Waals surface area contributed by atoms with Gasteiger partial charge in [-0.2, -0.15) is 0 Å². The number of benzene rings is 3. The highest BCUT2D eigenvalue weighted by Crippen LogP contribution is 2.23. The maximum atomic E-state index is 12.7. The molecule has 3 rings (SSSR count). The minimum Gasteiger partial charge on any atom is -0.497 e. The molecule has 0 saturated carbocycles. The fourth-order valence-corrected chi connectivity index (χ4v) is 3.86. The van der Waals surface area contributed by atoms with Crippen molar-refractivity contribution < 1.29 is 17.9 Å². The predicted molar refractivity (Wildman–Crippen MR) is 114 cm³/mol. The van der Waals surface area contributed by atoms with E-state index in [4.69, 9.17) is 4.74 Å². The molecule has 0 aliphatic rings. The average molecular weight is 410 g/mol. The van der Waals surface area contributed by atoms with E-state index >= 15 is 0 Å². The molecule has 0 atom stereocenters. The summed E-state index contributed by atoms with van der Waals surface area (Å²) in [6.45, 7) is 3.67. The van der Waals surface area contributed by atoms with Crippen LogP contribution < -0.4 is 14.8 Å². The Labute approximate surface area is 170 Å². The zero-order valence-corrected chi connectivity index (χ0v) is 17.2. The van der Waals surface area contributed by atoms with Crippen LogP contribution in [0.3, 0.4) is 0 Å². The number of anilines is 2. The highest BCUT2D eigenvalue weighted by atomic mass is 32.2. The first kappa shape index (κ1) is 20.4. The van der Waals surface area contributed by atoms with Gasteiger partial charge in [-0.05, 0) is 67.4 Å². The molecule has 0 heterocycles. The van der Waals surface area contributed by atoms with Crippen molar-refractivity contribution in [3.63, 3.8) is 0 Å². The molecule has 0 aliphatic carbocycles. The second-order valence-corrected chi connectivity index (χ2v) is 8.26. The Morgan fingerprint density at radius 1 is 0.862 bits per heavy atom. The van der Waals surface area contributed by atoms with Gasteiger partial charge in [0.25, 0.3) is 15.9 Å². The Kier molecular flexibility index (Phi) is 5.89. The fourth-order valence-electron chi connectivity index (χ4n) is 2.74. The molecule has 6 nitrogen and oxygen atoms in total. The monoisotopic (exact) mass is 410 g/mol. The van der Waals surface area contributed by atoms with E-state index in [-0.39, 0.29) is 10.8 Å². The molecule has 3 aromatic rings. The highest BCUT2D eigenvalue weighted by molar-refractivity contribution is 7.92. The molecule has 1 amide bonds. The van der Waals surface area contributed by atoms with Crippen LogP contribution in [0.5, 0.6) is 5.75 Å². The standard InChI is InChI=1S/C22H22N2O4S/c1-15-6-4-5-7-20(15)23-22(25)17-9-8-16(2)21(14-17)24-29(26,27)19-12-10-18(28-3)11-13-19/h4-14,24H,1-3H3,(H,23,25). The van der Waals surface area contributed by atoms with Gasteiger partial charge in [-0.1, -0.05) is 24.3 Å². The van der Waals surface area contributed by atoms with E-state index in [1.807, 2.05) is 31.2 Å². The van der Waals surface area contributed by atoms with Crippen LogP contribution in [-0.2, 0) is 10.0 Å². The van der Waals surface area contributed by atoms with Crippen LogP contribution in [-0.4, -0.2) is 21.4 Å². The van der Waals surface area contributed by atoms with Crippen LogP contribution in [0.15, 0.2) is 71.6 Å². The topological polar surface area (TPSA) is 84.5 Å². The van der Waals surface area contributed by atoms with Crippen LogP contribution >= 0.6 is 0 Å². The largest absolute Gasteiger partial charge is 0.497 e. The number of ether oxygens (including phenoxy) is 1. The smallest absolute Gasteiger partial charge is 0.261 e. The number of rotatable bonds is 6. The summed E-state index contributed by atoms with van der Waals surface area (Å²) in [5, 5.41) is 2.85. The number of hydrogen-bond acceptors (Lipinski definition) is 4. The van der Waals surface area contributed by atoms with Crippen LogP contribution in [0.25, 0.3) is 0 Å². The zero-order chi connectivity index (χ0) is 21.0. The van der Waals surface area contributed by atoms with Crippen molar-refractivity contribution in [2.75, 3.05) is 17.1 Å². The van der Waals surface area contributed by atoms with E-state index < -0.39 is 10.0 Å². The summed E-state index contributed by atoms with van der Waals surface area (Å²) in [5.41, 5.74) is 3.05. The third-order valence-corrected chi connectivity index (χ3v) is 5.89. The van der Waals surface area contributed by atoms with Gasteiger partial charge >= 0.3 is 0 Å². The van der Waals surface area contributed by atoms with Crippen molar-refractivity contribution >= 4 is 27.3 Å². The molecule has 2 N–H and O–H groups in total. The molecule has 0 unspecified atom stereocenters. The molecule has 150 valence electrons. The number of carbonyl (C=O) groups excluding carboxylic acids is 1. The second kappa shape index (κ2) is 8.36. The van der Waals surface area contributed by atoms with Crippen molar-refractivity contribution in [3.8, 4) is 5.75 Å². The molecule has 0 aliphatic heterocycles. The van der Waals surface area contributed by atoms with Crippen LogP contribution in [0.2, 0.25) is 0 Å². The molecule has 0 spiro atoms. The van der Waals surface area contributed by atoms with Crippen molar-refractivity contribution in [1.29, 1.82) is 0 Å². The van der Waals surface area contributed by atoms with Gasteiger partial charge in [-0.3, -0.25) is 9.52 Å². The first-order valence-corrected chi connectivity index (χ1v) is 10.4. The number of para-hydroxylation sites is 1. The van der Waals surface area contributed by atoms with Crippen molar-refractivity contribution in [2.24, 2.45) is 0 Å². The third kappa shape index (κ3) is 4.75. The first-order valence-electron chi connectivity index (χ1n) is 8.94. The average Bonchev–Trinajstić information content (AvgIpc) is 2.71. The van der Waals surface area contributed by atoms with Crippen LogP contribution in [0.1, 0.15) is 21.5 Å². The lowest BCUT2D eigenvalue weighted by Gasteiger charge is -2.13. The zero-order valence-electron chi connectivity index (χ0n) is 16.4. The quantitative estimate of drug-likeness (QED) is 0.632. The van der Waals surface area contributed by atoms with Gasteiger partial charge in [0.05, 0.1) is 17.7 Å². The van der Waals surface area contributed by atoms with Gasteiger partial charge in [0.2, 0.25) is 0 Å². The van der Waals surface area contributed by atoms with E-state index in [1.165, 1.54) is 25.3 Å². The number of amides is 1. The number of carbonyl (C=O) groups is 1. The van der Waals surface area contributed by atoms with Crippen molar-refractivity contribution in [2.45, 2.75) is 18.7 Å². The maximum absolute atomic E-state index is 12.7. The van der Waals surface area contributed by atoms with Crippen molar-refractivity contribution in [1.82, 2.24) is 0 Å². The summed E-state index contributed by atoms with van der Waals surface area (Å²) in [6, 6.07) is 18.4. The lowest BCUT2D eigenvalue weighted by atomic mass is 10.1. The normalized spacial score (nSPS) is 11.0. The van der Waals surface area contributed by atoms with Crippen LogP contribution in [0.4, 0.5) is 11.4 Å².